The Morgan fingerprint density at radius 3 is 2.59 bits per heavy atom. The second-order valence-corrected chi connectivity index (χ2v) is 4.70. The van der Waals surface area contributed by atoms with Crippen molar-refractivity contribution >= 4 is 16.8 Å². The van der Waals surface area contributed by atoms with Crippen molar-refractivity contribution in [1.29, 1.82) is 0 Å². The average molecular weight is 230 g/mol. The highest BCUT2D eigenvalue weighted by Gasteiger charge is 2.28. The lowest BCUT2D eigenvalue weighted by Crippen LogP contribution is -2.21. The fraction of sp³-hybridized carbons (Fsp3) is 0.385. The number of hydrogen-bond donors (Lipinski definition) is 0. The third-order valence-electron chi connectivity index (χ3n) is 3.41. The number of fused-ring (bicyclic) bond motifs is 1. The van der Waals surface area contributed by atoms with Crippen molar-refractivity contribution in [3.05, 3.63) is 34.2 Å². The van der Waals surface area contributed by atoms with Crippen molar-refractivity contribution < 1.29 is 4.79 Å². The molecule has 1 fully saturated rings. The van der Waals surface area contributed by atoms with E-state index < -0.39 is 0 Å². The zero-order chi connectivity index (χ0) is 12.2. The smallest absolute Gasteiger partial charge is 0.295 e. The van der Waals surface area contributed by atoms with Crippen molar-refractivity contribution in [1.82, 2.24) is 9.13 Å². The third kappa shape index (κ3) is 1.44. The van der Waals surface area contributed by atoms with Crippen molar-refractivity contribution in [2.45, 2.75) is 25.8 Å². The molecular formula is C13H14N2O2. The molecule has 0 amide bonds. The molecule has 0 unspecified atom stereocenters. The highest BCUT2D eigenvalue weighted by Crippen LogP contribution is 2.36. The van der Waals surface area contributed by atoms with Crippen LogP contribution in [0.5, 0.6) is 0 Å². The van der Waals surface area contributed by atoms with Crippen LogP contribution >= 0.6 is 0 Å². The van der Waals surface area contributed by atoms with Gasteiger partial charge in [-0.1, -0.05) is 0 Å². The van der Waals surface area contributed by atoms with Gasteiger partial charge in [-0.15, -0.1) is 0 Å². The number of ketones is 1. The van der Waals surface area contributed by atoms with E-state index in [1.807, 2.05) is 16.7 Å². The lowest BCUT2D eigenvalue weighted by molar-refractivity contribution is 0.101. The van der Waals surface area contributed by atoms with E-state index >= 15 is 0 Å². The van der Waals surface area contributed by atoms with Crippen LogP contribution in [0.3, 0.4) is 0 Å². The molecule has 0 atom stereocenters. The fourth-order valence-corrected chi connectivity index (χ4v) is 2.27. The van der Waals surface area contributed by atoms with E-state index in [1.54, 1.807) is 24.6 Å². The van der Waals surface area contributed by atoms with E-state index in [1.165, 1.54) is 0 Å². The summed E-state index contributed by atoms with van der Waals surface area (Å²) in [5, 5.41) is 0. The zero-order valence-electron chi connectivity index (χ0n) is 9.93. The number of rotatable bonds is 2. The van der Waals surface area contributed by atoms with Gasteiger partial charge < -0.3 is 0 Å². The first kappa shape index (κ1) is 10.3. The molecule has 1 aliphatic rings. The molecular weight excluding hydrogens is 216 g/mol. The van der Waals surface area contributed by atoms with Crippen molar-refractivity contribution in [3.63, 3.8) is 0 Å². The van der Waals surface area contributed by atoms with Gasteiger partial charge in [-0.2, -0.15) is 0 Å². The number of Topliss-reactive ketones (excluding diaryl/α,β-unsaturated/α-hetero) is 1. The Labute approximate surface area is 98.5 Å². The standard InChI is InChI=1S/C13H14N2O2/c1-8(16)9-3-6-11-12(7-9)15(10-4-5-10)13(17)14(11)2/h3,6-7,10H,4-5H2,1-2H3. The Kier molecular flexibility index (Phi) is 2.02. The molecule has 0 aliphatic heterocycles. The summed E-state index contributed by atoms with van der Waals surface area (Å²) in [7, 11) is 1.77. The van der Waals surface area contributed by atoms with Crippen LogP contribution in [-0.2, 0) is 7.05 Å². The molecule has 1 aliphatic carbocycles. The van der Waals surface area contributed by atoms with Gasteiger partial charge in [0, 0.05) is 18.7 Å². The largest absolute Gasteiger partial charge is 0.329 e. The molecule has 1 saturated carbocycles. The van der Waals surface area contributed by atoms with E-state index in [0.29, 0.717) is 11.6 Å². The van der Waals surface area contributed by atoms with Gasteiger partial charge in [-0.05, 0) is 38.0 Å². The maximum Gasteiger partial charge on any atom is 0.329 e. The zero-order valence-corrected chi connectivity index (χ0v) is 9.93. The normalized spacial score (nSPS) is 15.4. The van der Waals surface area contributed by atoms with Crippen LogP contribution in [0.4, 0.5) is 0 Å². The molecule has 0 spiro atoms. The quantitative estimate of drug-likeness (QED) is 0.739. The van der Waals surface area contributed by atoms with Crippen LogP contribution in [0.2, 0.25) is 0 Å². The summed E-state index contributed by atoms with van der Waals surface area (Å²) in [5.41, 5.74) is 2.46. The average Bonchev–Trinajstić information content (AvgIpc) is 3.09. The van der Waals surface area contributed by atoms with E-state index in [9.17, 15) is 9.59 Å². The number of nitrogens with zero attached hydrogens (tertiary/aromatic N) is 2. The SMILES string of the molecule is CC(=O)c1ccc2c(c1)n(C1CC1)c(=O)n2C. The summed E-state index contributed by atoms with van der Waals surface area (Å²) < 4.78 is 3.47. The predicted octanol–water partition coefficient (Wildman–Crippen LogP) is 1.88. The Morgan fingerprint density at radius 1 is 1.29 bits per heavy atom. The van der Waals surface area contributed by atoms with E-state index in [2.05, 4.69) is 0 Å². The van der Waals surface area contributed by atoms with Crippen LogP contribution in [0, 0.1) is 0 Å². The number of benzene rings is 1. The lowest BCUT2D eigenvalue weighted by atomic mass is 10.1. The molecule has 1 heterocycles. The van der Waals surface area contributed by atoms with E-state index in [-0.39, 0.29) is 11.5 Å². The molecule has 88 valence electrons. The van der Waals surface area contributed by atoms with Gasteiger partial charge in [0.05, 0.1) is 11.0 Å². The second-order valence-electron chi connectivity index (χ2n) is 4.70. The molecule has 0 radical (unpaired) electrons. The lowest BCUT2D eigenvalue weighted by Gasteiger charge is -2.01. The van der Waals surface area contributed by atoms with Crippen molar-refractivity contribution in [2.75, 3.05) is 0 Å². The van der Waals surface area contributed by atoms with Crippen LogP contribution in [0.15, 0.2) is 23.0 Å². The minimum absolute atomic E-state index is 0.0169. The summed E-state index contributed by atoms with van der Waals surface area (Å²) >= 11 is 0. The monoisotopic (exact) mass is 230 g/mol. The fourth-order valence-electron chi connectivity index (χ4n) is 2.27. The molecule has 4 heteroatoms. The van der Waals surface area contributed by atoms with Gasteiger partial charge in [0.25, 0.3) is 0 Å². The maximum absolute atomic E-state index is 12.1. The van der Waals surface area contributed by atoms with Gasteiger partial charge in [0.2, 0.25) is 0 Å². The highest BCUT2D eigenvalue weighted by molar-refractivity contribution is 5.97. The van der Waals surface area contributed by atoms with Crippen LogP contribution in [0.25, 0.3) is 11.0 Å². The topological polar surface area (TPSA) is 44.0 Å². The highest BCUT2D eigenvalue weighted by atomic mass is 16.1. The first-order valence-electron chi connectivity index (χ1n) is 5.81. The second kappa shape index (κ2) is 3.32. The Balaban J connectivity index is 2.37. The minimum Gasteiger partial charge on any atom is -0.295 e. The van der Waals surface area contributed by atoms with Gasteiger partial charge in [-0.25, -0.2) is 4.79 Å². The van der Waals surface area contributed by atoms with Crippen molar-refractivity contribution in [3.8, 4) is 0 Å². The van der Waals surface area contributed by atoms with Gasteiger partial charge in [0.15, 0.2) is 5.78 Å². The maximum atomic E-state index is 12.1. The summed E-state index contributed by atoms with van der Waals surface area (Å²) in [6, 6.07) is 5.79. The molecule has 0 N–H and O–H groups in total. The molecule has 1 aromatic heterocycles. The molecule has 4 nitrogen and oxygen atoms in total. The summed E-state index contributed by atoms with van der Waals surface area (Å²) in [6.07, 6.45) is 2.12. The number of carbonyl (C=O) groups excluding carboxylic acids is 1. The van der Waals surface area contributed by atoms with Gasteiger partial charge >= 0.3 is 5.69 Å². The van der Waals surface area contributed by atoms with Gasteiger partial charge in [0.1, 0.15) is 0 Å². The number of aromatic nitrogens is 2. The van der Waals surface area contributed by atoms with E-state index in [4.69, 9.17) is 0 Å². The first-order valence-corrected chi connectivity index (χ1v) is 5.81. The van der Waals surface area contributed by atoms with Crippen molar-refractivity contribution in [2.24, 2.45) is 7.05 Å². The summed E-state index contributed by atoms with van der Waals surface area (Å²) in [5.74, 6) is 0.0329. The van der Waals surface area contributed by atoms with Crippen LogP contribution < -0.4 is 5.69 Å². The number of aryl methyl sites for hydroxylation is 1. The Morgan fingerprint density at radius 2 is 2.00 bits per heavy atom. The van der Waals surface area contributed by atoms with Crippen LogP contribution in [-0.4, -0.2) is 14.9 Å². The molecule has 0 bridgehead atoms. The molecule has 17 heavy (non-hydrogen) atoms. The molecule has 1 aromatic carbocycles. The summed E-state index contributed by atoms with van der Waals surface area (Å²) in [6.45, 7) is 1.55. The predicted molar refractivity (Wildman–Crippen MR) is 65.5 cm³/mol. The third-order valence-corrected chi connectivity index (χ3v) is 3.41. The molecule has 2 aromatic rings. The summed E-state index contributed by atoms with van der Waals surface area (Å²) in [4.78, 5) is 23.5. The Bertz CT molecular complexity index is 675. The molecule has 3 rings (SSSR count). The van der Waals surface area contributed by atoms with E-state index in [0.717, 1.165) is 23.9 Å². The molecule has 0 saturated heterocycles. The first-order chi connectivity index (χ1) is 8.09. The number of carbonyl (C=O) groups is 1. The number of imidazole rings is 1. The van der Waals surface area contributed by atoms with Gasteiger partial charge in [-0.3, -0.25) is 13.9 Å². The number of hydrogen-bond acceptors (Lipinski definition) is 2. The Hall–Kier alpha value is -1.84. The van der Waals surface area contributed by atoms with Crippen LogP contribution in [0.1, 0.15) is 36.2 Å². The minimum atomic E-state index is 0.0169.